The van der Waals surface area contributed by atoms with Crippen molar-refractivity contribution in [3.05, 3.63) is 0 Å². The summed E-state index contributed by atoms with van der Waals surface area (Å²) < 4.78 is 11.1. The van der Waals surface area contributed by atoms with Gasteiger partial charge in [0, 0.05) is 6.42 Å². The van der Waals surface area contributed by atoms with Crippen LogP contribution in [0.3, 0.4) is 0 Å². The predicted molar refractivity (Wildman–Crippen MR) is 47.5 cm³/mol. The topological polar surface area (TPSA) is 35.5 Å². The lowest BCUT2D eigenvalue weighted by Gasteiger charge is -2.37. The van der Waals surface area contributed by atoms with E-state index in [2.05, 4.69) is 0 Å². The molecule has 1 heterocycles. The molecule has 74 valence electrons. The Kier molecular flexibility index (Phi) is 2.58. The van der Waals surface area contributed by atoms with E-state index in [0.29, 0.717) is 13.2 Å². The molecule has 0 bridgehead atoms. The van der Waals surface area contributed by atoms with E-state index in [4.69, 9.17) is 21.1 Å². The second kappa shape index (κ2) is 3.56. The first-order chi connectivity index (χ1) is 6.25. The number of ether oxygens (including phenoxy) is 2. The number of carbonyl (C=O) groups excluding carboxylic acids is 1. The van der Waals surface area contributed by atoms with E-state index in [1.165, 1.54) is 0 Å². The molecule has 0 amide bonds. The number of halogens is 1. The van der Waals surface area contributed by atoms with E-state index in [9.17, 15) is 4.79 Å². The molecule has 3 nitrogen and oxygen atoms in total. The van der Waals surface area contributed by atoms with Gasteiger partial charge in [-0.05, 0) is 24.4 Å². The Morgan fingerprint density at radius 2 is 2.00 bits per heavy atom. The summed E-state index contributed by atoms with van der Waals surface area (Å²) in [6, 6.07) is 0. The maximum Gasteiger partial charge on any atom is 0.230 e. The van der Waals surface area contributed by atoms with Crippen molar-refractivity contribution >= 4 is 16.8 Å². The summed E-state index contributed by atoms with van der Waals surface area (Å²) >= 11 is 5.53. The van der Waals surface area contributed by atoms with Gasteiger partial charge in [-0.25, -0.2) is 0 Å². The first-order valence-electron chi connectivity index (χ1n) is 4.72. The number of hydrogen-bond acceptors (Lipinski definition) is 3. The third-order valence-electron chi connectivity index (χ3n) is 2.85. The molecule has 13 heavy (non-hydrogen) atoms. The average molecular weight is 205 g/mol. The molecule has 4 heteroatoms. The zero-order valence-electron chi connectivity index (χ0n) is 7.42. The fourth-order valence-corrected chi connectivity index (χ4v) is 2.49. The summed E-state index contributed by atoms with van der Waals surface area (Å²) in [4.78, 5) is 11.2. The Bertz CT molecular complexity index is 211. The largest absolute Gasteiger partial charge is 0.347 e. The van der Waals surface area contributed by atoms with Crippen molar-refractivity contribution in [2.45, 2.75) is 31.5 Å². The molecule has 1 spiro atoms. The zero-order valence-corrected chi connectivity index (χ0v) is 8.18. The summed E-state index contributed by atoms with van der Waals surface area (Å²) in [7, 11) is 0. The van der Waals surface area contributed by atoms with Crippen molar-refractivity contribution in [3.63, 3.8) is 0 Å². The molecule has 0 aromatic rings. The summed E-state index contributed by atoms with van der Waals surface area (Å²) in [5.41, 5.74) is 0. The van der Waals surface area contributed by atoms with Crippen molar-refractivity contribution in [3.8, 4) is 0 Å². The molecule has 2 rings (SSSR count). The zero-order chi connectivity index (χ0) is 9.31. The standard InChI is InChI=1S/C9H13ClO3/c10-8(11)7-3-1-2-4-9(7)12-5-6-13-9/h7H,1-6H2. The van der Waals surface area contributed by atoms with Crippen molar-refractivity contribution < 1.29 is 14.3 Å². The Morgan fingerprint density at radius 3 is 2.62 bits per heavy atom. The van der Waals surface area contributed by atoms with Crippen LogP contribution in [0.2, 0.25) is 0 Å². The Labute approximate surface area is 82.3 Å². The van der Waals surface area contributed by atoms with Gasteiger partial charge in [0.2, 0.25) is 5.24 Å². The minimum Gasteiger partial charge on any atom is -0.347 e. The van der Waals surface area contributed by atoms with Gasteiger partial charge in [-0.2, -0.15) is 0 Å². The van der Waals surface area contributed by atoms with Gasteiger partial charge in [0.1, 0.15) is 0 Å². The molecule has 1 unspecified atom stereocenters. The highest BCUT2D eigenvalue weighted by atomic mass is 35.5. The van der Waals surface area contributed by atoms with Crippen molar-refractivity contribution in [1.82, 2.24) is 0 Å². The quantitative estimate of drug-likeness (QED) is 0.610. The molecule has 0 aromatic carbocycles. The number of carbonyl (C=O) groups is 1. The summed E-state index contributed by atoms with van der Waals surface area (Å²) in [6.45, 7) is 1.17. The summed E-state index contributed by atoms with van der Waals surface area (Å²) in [5.74, 6) is -0.928. The molecule has 1 aliphatic carbocycles. The lowest BCUT2D eigenvalue weighted by molar-refractivity contribution is -0.208. The molecule has 0 aromatic heterocycles. The first-order valence-corrected chi connectivity index (χ1v) is 5.10. The molecule has 2 aliphatic rings. The van der Waals surface area contributed by atoms with Gasteiger partial charge in [-0.1, -0.05) is 6.42 Å². The van der Waals surface area contributed by atoms with Gasteiger partial charge in [0.05, 0.1) is 19.1 Å². The fraction of sp³-hybridized carbons (Fsp3) is 0.889. The van der Waals surface area contributed by atoms with E-state index in [0.717, 1.165) is 25.7 Å². The summed E-state index contributed by atoms with van der Waals surface area (Å²) in [5, 5.41) is -0.318. The van der Waals surface area contributed by atoms with Crippen molar-refractivity contribution in [2.75, 3.05) is 13.2 Å². The normalized spacial score (nSPS) is 32.2. The minimum atomic E-state index is -0.670. The molecule has 1 aliphatic heterocycles. The Hall–Kier alpha value is -0.120. The van der Waals surface area contributed by atoms with Crippen LogP contribution in [0.5, 0.6) is 0 Å². The molecule has 1 saturated heterocycles. The molecular weight excluding hydrogens is 192 g/mol. The second-order valence-corrected chi connectivity index (χ2v) is 3.98. The highest BCUT2D eigenvalue weighted by Crippen LogP contribution is 2.41. The lowest BCUT2D eigenvalue weighted by Crippen LogP contribution is -2.44. The molecular formula is C9H13ClO3. The maximum atomic E-state index is 11.2. The molecule has 2 fully saturated rings. The third-order valence-corrected chi connectivity index (χ3v) is 3.11. The van der Waals surface area contributed by atoms with Crippen LogP contribution >= 0.6 is 11.6 Å². The van der Waals surface area contributed by atoms with Gasteiger partial charge < -0.3 is 9.47 Å². The molecule has 1 saturated carbocycles. The van der Waals surface area contributed by atoms with Crippen LogP contribution in [0, 0.1) is 5.92 Å². The Morgan fingerprint density at radius 1 is 1.31 bits per heavy atom. The first kappa shape index (κ1) is 9.44. The predicted octanol–water partition coefficient (Wildman–Crippen LogP) is 1.69. The van der Waals surface area contributed by atoms with E-state index >= 15 is 0 Å². The third kappa shape index (κ3) is 1.60. The Balaban J connectivity index is 2.16. The van der Waals surface area contributed by atoms with Crippen LogP contribution in [0.1, 0.15) is 25.7 Å². The monoisotopic (exact) mass is 204 g/mol. The van der Waals surface area contributed by atoms with Crippen LogP contribution < -0.4 is 0 Å². The van der Waals surface area contributed by atoms with Crippen LogP contribution in [-0.2, 0) is 14.3 Å². The van der Waals surface area contributed by atoms with Gasteiger partial charge in [-0.15, -0.1) is 0 Å². The number of hydrogen-bond donors (Lipinski definition) is 0. The van der Waals surface area contributed by atoms with E-state index in [1.54, 1.807) is 0 Å². The molecule has 1 atom stereocenters. The highest BCUT2D eigenvalue weighted by molar-refractivity contribution is 6.64. The number of rotatable bonds is 1. The maximum absolute atomic E-state index is 11.2. The summed E-state index contributed by atoms with van der Waals surface area (Å²) in [6.07, 6.45) is 3.69. The average Bonchev–Trinajstić information content (AvgIpc) is 2.54. The minimum absolute atomic E-state index is 0.259. The van der Waals surface area contributed by atoms with Crippen molar-refractivity contribution in [2.24, 2.45) is 5.92 Å². The lowest BCUT2D eigenvalue weighted by atomic mass is 9.84. The SMILES string of the molecule is O=C(Cl)C1CCCCC12OCCO2. The smallest absolute Gasteiger partial charge is 0.230 e. The van der Waals surface area contributed by atoms with Crippen LogP contribution in [0.25, 0.3) is 0 Å². The fourth-order valence-electron chi connectivity index (χ4n) is 2.22. The van der Waals surface area contributed by atoms with Crippen LogP contribution in [0.4, 0.5) is 0 Å². The second-order valence-electron chi connectivity index (χ2n) is 3.61. The van der Waals surface area contributed by atoms with Gasteiger partial charge >= 0.3 is 0 Å². The van der Waals surface area contributed by atoms with Crippen molar-refractivity contribution in [1.29, 1.82) is 0 Å². The van der Waals surface area contributed by atoms with E-state index in [1.807, 2.05) is 0 Å². The van der Waals surface area contributed by atoms with E-state index < -0.39 is 5.79 Å². The van der Waals surface area contributed by atoms with E-state index in [-0.39, 0.29) is 11.2 Å². The molecule has 0 radical (unpaired) electrons. The van der Waals surface area contributed by atoms with Gasteiger partial charge in [0.15, 0.2) is 5.79 Å². The van der Waals surface area contributed by atoms with Gasteiger partial charge in [-0.3, -0.25) is 4.79 Å². The van der Waals surface area contributed by atoms with Gasteiger partial charge in [0.25, 0.3) is 0 Å². The molecule has 0 N–H and O–H groups in total. The van der Waals surface area contributed by atoms with Crippen LogP contribution in [-0.4, -0.2) is 24.2 Å². The highest BCUT2D eigenvalue weighted by Gasteiger charge is 2.48. The van der Waals surface area contributed by atoms with Crippen LogP contribution in [0.15, 0.2) is 0 Å².